The van der Waals surface area contributed by atoms with Crippen molar-refractivity contribution in [1.82, 2.24) is 0 Å². The van der Waals surface area contributed by atoms with E-state index in [0.29, 0.717) is 115 Å². The lowest BCUT2D eigenvalue weighted by atomic mass is 9.72. The van der Waals surface area contributed by atoms with Crippen LogP contribution in [0.3, 0.4) is 0 Å². The smallest absolute Gasteiger partial charge is 0.357 e. The number of aryl methyl sites for hydroxylation is 7. The largest absolute Gasteiger partial charge is 0.508 e. The lowest BCUT2D eigenvalue weighted by molar-refractivity contribution is 0.127. The van der Waals surface area contributed by atoms with Gasteiger partial charge in [-0.25, -0.2) is 13.2 Å². The van der Waals surface area contributed by atoms with Crippen LogP contribution in [0, 0.1) is 64.4 Å². The maximum atomic E-state index is 13.2. The van der Waals surface area contributed by atoms with E-state index in [-0.39, 0.29) is 35.8 Å². The average Bonchev–Trinajstić information content (AvgIpc) is 1.13. The molecule has 40 heteroatoms. The number of hydrogen-bond acceptors (Lipinski definition) is 28. The number of fused-ring (bicyclic) bond motifs is 5. The molecular weight excluding hydrogens is 1910 g/mol. The molecule has 0 unspecified atom stereocenters. The normalized spacial score (nSPS) is 13.9. The van der Waals surface area contributed by atoms with Crippen LogP contribution >= 0.6 is 0 Å². The van der Waals surface area contributed by atoms with Crippen molar-refractivity contribution in [2.24, 2.45) is 76.3 Å². The second-order valence-electron chi connectivity index (χ2n) is 34.4. The summed E-state index contributed by atoms with van der Waals surface area (Å²) in [4.78, 5) is 66.4. The molecule has 34 nitrogen and oxygen atoms in total. The van der Waals surface area contributed by atoms with Crippen LogP contribution in [-0.4, -0.2) is 110 Å². The molecule has 4 heterocycles. The molecule has 12 aromatic carbocycles. The molecule has 12 aromatic rings. The molecule has 144 heavy (non-hydrogen) atoms. The zero-order valence-electron chi connectivity index (χ0n) is 81.1. The van der Waals surface area contributed by atoms with E-state index in [1.807, 2.05) is 172 Å². The zero-order chi connectivity index (χ0) is 104. The van der Waals surface area contributed by atoms with Crippen molar-refractivity contribution >= 4 is 82.2 Å². The minimum absolute atomic E-state index is 0.217. The summed E-state index contributed by atoms with van der Waals surface area (Å²) in [5.41, 5.74) is 21.0. The van der Waals surface area contributed by atoms with Gasteiger partial charge in [0.2, 0.25) is 0 Å². The summed E-state index contributed by atoms with van der Waals surface area (Å²) in [6.07, 6.45) is 1.78. The third-order valence-electron chi connectivity index (χ3n) is 22.6. The van der Waals surface area contributed by atoms with E-state index in [1.54, 1.807) is 103 Å². The second-order valence-corrected chi connectivity index (χ2v) is 37.8. The molecule has 0 saturated carbocycles. The van der Waals surface area contributed by atoms with Gasteiger partial charge in [-0.3, -0.25) is 67.8 Å². The average molecular weight is 2020 g/mol. The van der Waals surface area contributed by atoms with E-state index in [9.17, 15) is 43.5 Å². The summed E-state index contributed by atoms with van der Waals surface area (Å²) in [5.74, 6) is -2.55. The highest BCUT2D eigenvalue weighted by atomic mass is 32.2. The quantitative estimate of drug-likeness (QED) is 0.0123. The third-order valence-corrected chi connectivity index (χ3v) is 24.0. The van der Waals surface area contributed by atoms with Gasteiger partial charge in [0.1, 0.15) is 72.1 Å². The summed E-state index contributed by atoms with van der Waals surface area (Å²) in [6.45, 7) is 28.0. The van der Waals surface area contributed by atoms with Crippen molar-refractivity contribution in [2.75, 3.05) is 40.8 Å². The Morgan fingerprint density at radius 1 is 0.326 bits per heavy atom. The lowest BCUT2D eigenvalue weighted by Gasteiger charge is -2.33. The Balaban J connectivity index is 0.000000155. The molecule has 5 aliphatic rings. The maximum absolute atomic E-state index is 13.2. The summed E-state index contributed by atoms with van der Waals surface area (Å²) in [7, 11) is -13.0. The summed E-state index contributed by atoms with van der Waals surface area (Å²) in [6, 6.07) is 65.9. The minimum atomic E-state index is -4.35. The van der Waals surface area contributed by atoms with Crippen LogP contribution in [0.5, 0.6) is 11.5 Å². The third kappa shape index (κ3) is 32.2. The van der Waals surface area contributed by atoms with E-state index in [4.69, 9.17) is 47.8 Å². The van der Waals surface area contributed by atoms with Gasteiger partial charge < -0.3 is 39.2 Å². The Morgan fingerprint density at radius 2 is 0.646 bits per heavy atom. The minimum Gasteiger partial charge on any atom is -0.508 e. The topological polar surface area (TPSA) is 468 Å². The predicted octanol–water partition coefficient (Wildman–Crippen LogP) is 14.9. The van der Waals surface area contributed by atoms with Crippen LogP contribution in [0.15, 0.2) is 295 Å². The van der Waals surface area contributed by atoms with E-state index in [1.165, 1.54) is 29.3 Å². The Hall–Kier alpha value is -15.6. The van der Waals surface area contributed by atoms with Gasteiger partial charge in [0.15, 0.2) is 23.2 Å². The van der Waals surface area contributed by atoms with Gasteiger partial charge in [0, 0.05) is 27.7 Å². The van der Waals surface area contributed by atoms with Crippen LogP contribution in [0.25, 0.3) is 0 Å². The van der Waals surface area contributed by atoms with Crippen LogP contribution in [0.1, 0.15) is 161 Å². The van der Waals surface area contributed by atoms with Crippen LogP contribution in [0.4, 0.5) is 30.2 Å². The fourth-order valence-corrected chi connectivity index (χ4v) is 15.9. The number of phenols is 2. The van der Waals surface area contributed by atoms with E-state index in [0.717, 1.165) is 146 Å². The first kappa shape index (κ1) is 107. The maximum Gasteiger partial charge on any atom is 0.357 e. The van der Waals surface area contributed by atoms with E-state index >= 15 is 0 Å². The fraction of sp³-hybridized carbons (Fsp3) is 0.250. The Morgan fingerprint density at radius 3 is 1.03 bits per heavy atom. The molecule has 0 atom stereocenters. The molecule has 0 bridgehead atoms. The van der Waals surface area contributed by atoms with Crippen molar-refractivity contribution < 1.29 is 91.3 Å². The predicted molar refractivity (Wildman–Crippen MR) is 542 cm³/mol. The molecule has 0 saturated heterocycles. The summed E-state index contributed by atoms with van der Waals surface area (Å²) in [5, 5.41) is 50.4. The number of phenolic OH excluding ortho intramolecular Hbond substituents is 2. The first-order valence-electron chi connectivity index (χ1n) is 44.9. The van der Waals surface area contributed by atoms with Gasteiger partial charge in [-0.2, -0.15) is 25.3 Å². The van der Waals surface area contributed by atoms with Gasteiger partial charge >= 0.3 is 30.9 Å². The van der Waals surface area contributed by atoms with Crippen molar-refractivity contribution in [3.05, 3.63) is 390 Å². The Kier molecular flexibility index (Phi) is 36.6. The van der Waals surface area contributed by atoms with E-state index in [2.05, 4.69) is 94.2 Å². The molecule has 17 rings (SSSR count). The van der Waals surface area contributed by atoms with Gasteiger partial charge in [0.05, 0.1) is 94.2 Å². The number of rotatable bonds is 29. The second kappa shape index (κ2) is 49.2. The molecule has 0 radical (unpaired) electrons. The molecule has 8 N–H and O–H groups in total. The van der Waals surface area contributed by atoms with Gasteiger partial charge in [-0.1, -0.05) is 153 Å². The monoisotopic (exact) mass is 2020 g/mol. The fourth-order valence-electron chi connectivity index (χ4n) is 14.4. The highest BCUT2D eigenvalue weighted by Gasteiger charge is 2.34. The number of hydrogen-bond donors (Lipinski definition) is 8. The SMILES string of the molecule is C/C(=N\OCc1ccc(C)cc1)c1ccc(O)c(F)c1.C/C(=N\OCc1ccc2c(c1)=NCN=2)c1ccc(C)c(NS(=O)(=O)O)c1.C/C(=N\OCc1ccc2c(c1)=NCN=2)c1ccc(F)c(F)c1.C/C(=N\OCc1ccc2c(c1)=NCN=2)c1ccc(NS(=O)(=O)O)c(C)c1.C/C(=N\OCc1ccc2c(c1)=NCN=2)c1ccc(O)c(C)c1.Cc1ccc(CO/N=C2/c3cc(NS(=O)(=O)O)c(C)cc3CCC2(C)C)cc1. The molecule has 0 amide bonds. The van der Waals surface area contributed by atoms with Crippen molar-refractivity contribution in [3.8, 4) is 11.5 Å². The Bertz CT molecular complexity index is 7780. The van der Waals surface area contributed by atoms with E-state index < -0.39 is 48.4 Å². The number of nitrogens with one attached hydrogen (secondary N) is 3. The Labute approximate surface area is 830 Å². The molecule has 0 fully saturated rings. The number of benzene rings is 12. The van der Waals surface area contributed by atoms with Gasteiger partial charge in [0.25, 0.3) is 0 Å². The number of anilines is 3. The number of halogens is 3. The number of aromatic hydroxyl groups is 2. The molecule has 0 spiro atoms. The lowest BCUT2D eigenvalue weighted by Crippen LogP contribution is -2.32. The molecular formula is C104H108F3N17O17S3. The molecule has 0 aromatic heterocycles. The first-order chi connectivity index (χ1) is 68.5. The van der Waals surface area contributed by atoms with Crippen molar-refractivity contribution in [3.63, 3.8) is 0 Å². The van der Waals surface area contributed by atoms with Crippen LogP contribution in [-0.2, 0) is 106 Å². The van der Waals surface area contributed by atoms with Gasteiger partial charge in [-0.15, -0.1) is 0 Å². The molecule has 4 aliphatic heterocycles. The zero-order valence-corrected chi connectivity index (χ0v) is 83.6. The highest BCUT2D eigenvalue weighted by molar-refractivity contribution is 7.87. The number of nitrogens with zero attached hydrogens (tertiary/aromatic N) is 14. The van der Waals surface area contributed by atoms with Crippen molar-refractivity contribution in [1.29, 1.82) is 0 Å². The van der Waals surface area contributed by atoms with Crippen LogP contribution < -0.4 is 57.0 Å². The van der Waals surface area contributed by atoms with Crippen LogP contribution in [0.2, 0.25) is 0 Å². The first-order valence-corrected chi connectivity index (χ1v) is 49.3. The summed E-state index contributed by atoms with van der Waals surface area (Å²) >= 11 is 0. The molecule has 1 aliphatic carbocycles. The van der Waals surface area contributed by atoms with Crippen molar-refractivity contribution in [2.45, 2.75) is 142 Å². The number of oxime groups is 6. The van der Waals surface area contributed by atoms with Gasteiger partial charge in [-0.05, 0) is 289 Å². The summed E-state index contributed by atoms with van der Waals surface area (Å²) < 4.78 is 139. The molecule has 750 valence electrons. The standard InChI is InChI=1S/C21H26N2O4S.2C17H18N4O4S.C17H17N3O2.C16H13F2N3O.C16H16FNO2/c1-14-5-7-16(8-6-14)13-27-22-20-18-12-19(23-28(24,25)26)15(2)11-17(18)9-10-21(20,3)4;1-11-7-14(4-6-15(11)21-26(22,23)24)12(2)20-25-9-13-3-5-16-17(8-13)19-10-18-16;1-11-3-5-14(8-16(11)21-26(22,23)24)12(2)20-25-9-13-4-6-15-17(7-13)19-10-18-15;1-11-7-14(4-6-17(11)21)12(2)20-22-9-13-3-5-15-16(8-13)19-10-18-15;1-10(12-3-4-13(17)14(18)7-12)21-22-8-11-2-5-15-16(6-11)20-9-19-15;1-11-3-5-13(6-4-11)10-20-18-12(2)14-7-8-16(19)15(17)9-14/h5-8,11-12,23H,9-10,13H2,1-4H3,(H,24,25,26);2*3-8,21H,9-10H2,1-2H3,(H,22,23,24);3-8,21H,9-10H2,1-2H3;2-7H,8-9H2,1H3;3-9,19H,10H2,1-2H3/b22-20-;3*20-12+;21-10+;18-12+. The highest BCUT2D eigenvalue weighted by Crippen LogP contribution is 2.38.